The van der Waals surface area contributed by atoms with Crippen molar-refractivity contribution in [2.75, 3.05) is 0 Å². The molecule has 72 valence electrons. The third kappa shape index (κ3) is 6.20. The molecule has 0 amide bonds. The zero-order valence-electron chi connectivity index (χ0n) is 8.34. The quantitative estimate of drug-likeness (QED) is 0.270. The van der Waals surface area contributed by atoms with E-state index < -0.39 is 0 Å². The van der Waals surface area contributed by atoms with E-state index in [9.17, 15) is 0 Å². The van der Waals surface area contributed by atoms with E-state index in [4.69, 9.17) is 5.21 Å². The predicted molar refractivity (Wildman–Crippen MR) is 52.9 cm³/mol. The molecule has 0 saturated heterocycles. The highest BCUT2D eigenvalue weighted by Gasteiger charge is 1.97. The molecule has 0 spiro atoms. The van der Waals surface area contributed by atoms with Gasteiger partial charge in [-0.15, -0.1) is 0 Å². The van der Waals surface area contributed by atoms with E-state index in [0.717, 1.165) is 25.0 Å². The molecule has 0 heterocycles. The summed E-state index contributed by atoms with van der Waals surface area (Å²) >= 11 is 0. The molecule has 0 rings (SSSR count). The first-order valence-corrected chi connectivity index (χ1v) is 5.04. The lowest BCUT2D eigenvalue weighted by Gasteiger charge is -2.01. The molecule has 0 aliphatic carbocycles. The third-order valence-electron chi connectivity index (χ3n) is 2.00. The average molecular weight is 171 g/mol. The topological polar surface area (TPSA) is 32.6 Å². The maximum absolute atomic E-state index is 8.60. The van der Waals surface area contributed by atoms with Crippen LogP contribution in [0.2, 0.25) is 0 Å². The standard InChI is InChI=1S/C10H21NO/c1-3-5-6-7-9-10(11-12)8-4-2/h12H,3-9H2,1-2H3. The van der Waals surface area contributed by atoms with Gasteiger partial charge in [-0.25, -0.2) is 0 Å². The van der Waals surface area contributed by atoms with Crippen LogP contribution in [0.3, 0.4) is 0 Å². The van der Waals surface area contributed by atoms with E-state index >= 15 is 0 Å². The van der Waals surface area contributed by atoms with Gasteiger partial charge in [0.2, 0.25) is 0 Å². The van der Waals surface area contributed by atoms with Crippen LogP contribution in [0.5, 0.6) is 0 Å². The molecule has 1 N–H and O–H groups in total. The Bertz CT molecular complexity index is 121. The third-order valence-corrected chi connectivity index (χ3v) is 2.00. The Morgan fingerprint density at radius 2 is 1.75 bits per heavy atom. The van der Waals surface area contributed by atoms with Gasteiger partial charge < -0.3 is 5.21 Å². The van der Waals surface area contributed by atoms with Crippen LogP contribution in [0.1, 0.15) is 58.8 Å². The lowest BCUT2D eigenvalue weighted by molar-refractivity contribution is 0.315. The molecular formula is C10H21NO. The van der Waals surface area contributed by atoms with Crippen molar-refractivity contribution >= 4 is 5.71 Å². The van der Waals surface area contributed by atoms with Gasteiger partial charge in [0.25, 0.3) is 0 Å². The molecule has 0 atom stereocenters. The number of nitrogens with zero attached hydrogens (tertiary/aromatic N) is 1. The summed E-state index contributed by atoms with van der Waals surface area (Å²) in [6.07, 6.45) is 8.00. The van der Waals surface area contributed by atoms with Gasteiger partial charge in [0, 0.05) is 0 Å². The lowest BCUT2D eigenvalue weighted by atomic mass is 10.1. The van der Waals surface area contributed by atoms with E-state index in [1.165, 1.54) is 25.7 Å². The highest BCUT2D eigenvalue weighted by atomic mass is 16.4. The molecule has 0 fully saturated rings. The van der Waals surface area contributed by atoms with Crippen LogP contribution in [0.4, 0.5) is 0 Å². The summed E-state index contributed by atoms with van der Waals surface area (Å²) in [6, 6.07) is 0. The van der Waals surface area contributed by atoms with E-state index in [1.807, 2.05) is 0 Å². The monoisotopic (exact) mass is 171 g/mol. The van der Waals surface area contributed by atoms with Crippen molar-refractivity contribution in [3.8, 4) is 0 Å². The van der Waals surface area contributed by atoms with Crippen molar-refractivity contribution < 1.29 is 5.21 Å². The minimum Gasteiger partial charge on any atom is -0.411 e. The minimum atomic E-state index is 0.947. The van der Waals surface area contributed by atoms with E-state index in [1.54, 1.807) is 0 Å². The Hall–Kier alpha value is -0.530. The van der Waals surface area contributed by atoms with E-state index in [-0.39, 0.29) is 0 Å². The number of unbranched alkanes of at least 4 members (excludes halogenated alkanes) is 3. The molecule has 12 heavy (non-hydrogen) atoms. The summed E-state index contributed by atoms with van der Waals surface area (Å²) in [4.78, 5) is 0. The van der Waals surface area contributed by atoms with Crippen LogP contribution in [-0.4, -0.2) is 10.9 Å². The Kier molecular flexibility index (Phi) is 8.19. The minimum absolute atomic E-state index is 0.947. The molecule has 0 aromatic rings. The first-order valence-electron chi connectivity index (χ1n) is 5.04. The fourth-order valence-corrected chi connectivity index (χ4v) is 1.27. The maximum atomic E-state index is 8.60. The zero-order chi connectivity index (χ0) is 9.23. The summed E-state index contributed by atoms with van der Waals surface area (Å²) in [5.74, 6) is 0. The van der Waals surface area contributed by atoms with Crippen molar-refractivity contribution in [3.63, 3.8) is 0 Å². The smallest absolute Gasteiger partial charge is 0.0570 e. The number of hydrogen-bond donors (Lipinski definition) is 1. The first-order chi connectivity index (χ1) is 5.85. The highest BCUT2D eigenvalue weighted by Crippen LogP contribution is 2.06. The summed E-state index contributed by atoms with van der Waals surface area (Å²) < 4.78 is 0. The predicted octanol–water partition coefficient (Wildman–Crippen LogP) is 3.59. The molecular weight excluding hydrogens is 150 g/mol. The zero-order valence-corrected chi connectivity index (χ0v) is 8.34. The first kappa shape index (κ1) is 11.5. The van der Waals surface area contributed by atoms with Gasteiger partial charge in [-0.3, -0.25) is 0 Å². The van der Waals surface area contributed by atoms with E-state index in [0.29, 0.717) is 0 Å². The molecule has 0 bridgehead atoms. The summed E-state index contributed by atoms with van der Waals surface area (Å²) in [6.45, 7) is 4.31. The van der Waals surface area contributed by atoms with Crippen molar-refractivity contribution in [3.05, 3.63) is 0 Å². The maximum Gasteiger partial charge on any atom is 0.0570 e. The molecule has 0 radical (unpaired) electrons. The molecule has 0 saturated carbocycles. The van der Waals surface area contributed by atoms with Crippen LogP contribution in [0.15, 0.2) is 5.16 Å². The van der Waals surface area contributed by atoms with Gasteiger partial charge in [0.1, 0.15) is 0 Å². The Morgan fingerprint density at radius 3 is 2.25 bits per heavy atom. The highest BCUT2D eigenvalue weighted by molar-refractivity contribution is 5.83. The SMILES string of the molecule is CCCCCCC(CCC)=NO. The van der Waals surface area contributed by atoms with Gasteiger partial charge >= 0.3 is 0 Å². The number of rotatable bonds is 7. The molecule has 0 aromatic carbocycles. The molecule has 0 unspecified atom stereocenters. The van der Waals surface area contributed by atoms with Gasteiger partial charge in [-0.2, -0.15) is 0 Å². The lowest BCUT2D eigenvalue weighted by Crippen LogP contribution is -1.97. The summed E-state index contributed by atoms with van der Waals surface area (Å²) in [5.41, 5.74) is 0.966. The molecule has 2 nitrogen and oxygen atoms in total. The van der Waals surface area contributed by atoms with Gasteiger partial charge in [-0.05, 0) is 19.3 Å². The molecule has 0 aliphatic rings. The largest absolute Gasteiger partial charge is 0.411 e. The fourth-order valence-electron chi connectivity index (χ4n) is 1.27. The van der Waals surface area contributed by atoms with E-state index in [2.05, 4.69) is 19.0 Å². The Morgan fingerprint density at radius 1 is 1.00 bits per heavy atom. The van der Waals surface area contributed by atoms with Crippen LogP contribution in [0, 0.1) is 0 Å². The Balaban J connectivity index is 3.33. The van der Waals surface area contributed by atoms with Crippen LogP contribution >= 0.6 is 0 Å². The van der Waals surface area contributed by atoms with Gasteiger partial charge in [-0.1, -0.05) is 44.7 Å². The molecule has 0 aromatic heterocycles. The molecule has 0 aliphatic heterocycles. The van der Waals surface area contributed by atoms with Crippen molar-refractivity contribution in [2.24, 2.45) is 5.16 Å². The van der Waals surface area contributed by atoms with Gasteiger partial charge in [0.05, 0.1) is 5.71 Å². The van der Waals surface area contributed by atoms with Crippen molar-refractivity contribution in [2.45, 2.75) is 58.8 Å². The molecule has 2 heteroatoms. The van der Waals surface area contributed by atoms with Crippen molar-refractivity contribution in [1.82, 2.24) is 0 Å². The number of hydrogen-bond acceptors (Lipinski definition) is 2. The van der Waals surface area contributed by atoms with Gasteiger partial charge in [0.15, 0.2) is 0 Å². The second-order valence-corrected chi connectivity index (χ2v) is 3.23. The van der Waals surface area contributed by atoms with Crippen LogP contribution in [-0.2, 0) is 0 Å². The van der Waals surface area contributed by atoms with Crippen LogP contribution in [0.25, 0.3) is 0 Å². The van der Waals surface area contributed by atoms with Crippen LogP contribution < -0.4 is 0 Å². The Labute approximate surface area is 75.7 Å². The second kappa shape index (κ2) is 8.57. The summed E-state index contributed by atoms with van der Waals surface area (Å²) in [5, 5.41) is 11.9. The second-order valence-electron chi connectivity index (χ2n) is 3.23. The summed E-state index contributed by atoms with van der Waals surface area (Å²) in [7, 11) is 0. The normalized spacial score (nSPS) is 12.0. The average Bonchev–Trinajstić information content (AvgIpc) is 2.10. The van der Waals surface area contributed by atoms with Crippen molar-refractivity contribution in [1.29, 1.82) is 0 Å². The number of oxime groups is 1. The fraction of sp³-hybridized carbons (Fsp3) is 0.900.